The molecular formula is C14H14FN. The molecule has 1 nitrogen and oxygen atoms in total. The van der Waals surface area contributed by atoms with Gasteiger partial charge in [-0.15, -0.1) is 0 Å². The summed E-state index contributed by atoms with van der Waals surface area (Å²) in [4.78, 5) is 0. The van der Waals surface area contributed by atoms with Crippen molar-refractivity contribution in [1.29, 1.82) is 0 Å². The molecule has 0 aliphatic carbocycles. The SMILES string of the molecule is CCc1ccccc1Nc1ccc(F)cc1. The number of nitrogens with one attached hydrogen (secondary N) is 1. The smallest absolute Gasteiger partial charge is 0.123 e. The van der Waals surface area contributed by atoms with Crippen LogP contribution >= 0.6 is 0 Å². The first-order valence-electron chi connectivity index (χ1n) is 5.40. The Kier molecular flexibility index (Phi) is 3.20. The molecule has 1 N–H and O–H groups in total. The highest BCUT2D eigenvalue weighted by Crippen LogP contribution is 2.21. The molecule has 0 saturated carbocycles. The average Bonchev–Trinajstić information content (AvgIpc) is 2.33. The van der Waals surface area contributed by atoms with Gasteiger partial charge in [-0.05, 0) is 42.3 Å². The van der Waals surface area contributed by atoms with E-state index in [2.05, 4.69) is 18.3 Å². The predicted molar refractivity (Wildman–Crippen MR) is 65.5 cm³/mol. The van der Waals surface area contributed by atoms with Gasteiger partial charge in [-0.3, -0.25) is 0 Å². The Labute approximate surface area is 94.9 Å². The zero-order valence-electron chi connectivity index (χ0n) is 9.20. The number of aryl methyl sites for hydroxylation is 1. The standard InChI is InChI=1S/C14H14FN/c1-2-11-5-3-4-6-14(11)16-13-9-7-12(15)8-10-13/h3-10,16H,2H2,1H3. The van der Waals surface area contributed by atoms with Crippen LogP contribution in [0.15, 0.2) is 48.5 Å². The van der Waals surface area contributed by atoms with Crippen LogP contribution in [-0.4, -0.2) is 0 Å². The first kappa shape index (κ1) is 10.7. The molecule has 0 aliphatic rings. The van der Waals surface area contributed by atoms with Crippen LogP contribution in [0.2, 0.25) is 0 Å². The topological polar surface area (TPSA) is 12.0 Å². The molecule has 0 bridgehead atoms. The molecule has 0 fully saturated rings. The molecule has 2 rings (SSSR count). The molecule has 0 spiro atoms. The van der Waals surface area contributed by atoms with Gasteiger partial charge < -0.3 is 5.32 Å². The quantitative estimate of drug-likeness (QED) is 0.811. The molecule has 2 aromatic carbocycles. The van der Waals surface area contributed by atoms with E-state index >= 15 is 0 Å². The molecule has 2 aromatic rings. The minimum Gasteiger partial charge on any atom is -0.355 e. The number of hydrogen-bond acceptors (Lipinski definition) is 1. The van der Waals surface area contributed by atoms with E-state index in [4.69, 9.17) is 0 Å². The fourth-order valence-corrected chi connectivity index (χ4v) is 1.64. The normalized spacial score (nSPS) is 10.1. The molecule has 0 aromatic heterocycles. The lowest BCUT2D eigenvalue weighted by Crippen LogP contribution is -1.94. The highest BCUT2D eigenvalue weighted by Gasteiger charge is 1.99. The summed E-state index contributed by atoms with van der Waals surface area (Å²) in [7, 11) is 0. The minimum atomic E-state index is -0.214. The summed E-state index contributed by atoms with van der Waals surface area (Å²) in [6, 6.07) is 14.5. The molecule has 2 heteroatoms. The van der Waals surface area contributed by atoms with Gasteiger partial charge >= 0.3 is 0 Å². The zero-order chi connectivity index (χ0) is 11.4. The van der Waals surface area contributed by atoms with Crippen molar-refractivity contribution >= 4 is 11.4 Å². The first-order valence-corrected chi connectivity index (χ1v) is 5.40. The maximum atomic E-state index is 12.7. The molecule has 0 atom stereocenters. The summed E-state index contributed by atoms with van der Waals surface area (Å²) < 4.78 is 12.7. The highest BCUT2D eigenvalue weighted by atomic mass is 19.1. The van der Waals surface area contributed by atoms with Gasteiger partial charge in [-0.2, -0.15) is 0 Å². The van der Waals surface area contributed by atoms with Crippen molar-refractivity contribution in [1.82, 2.24) is 0 Å². The van der Waals surface area contributed by atoms with Crippen LogP contribution in [0, 0.1) is 5.82 Å². The molecular weight excluding hydrogens is 201 g/mol. The molecule has 0 radical (unpaired) electrons. The van der Waals surface area contributed by atoms with Crippen LogP contribution in [0.25, 0.3) is 0 Å². The fourth-order valence-electron chi connectivity index (χ4n) is 1.64. The van der Waals surface area contributed by atoms with Crippen molar-refractivity contribution in [3.63, 3.8) is 0 Å². The molecule has 82 valence electrons. The lowest BCUT2D eigenvalue weighted by atomic mass is 10.1. The third-order valence-electron chi connectivity index (χ3n) is 2.52. The molecule has 0 heterocycles. The minimum absolute atomic E-state index is 0.214. The van der Waals surface area contributed by atoms with Gasteiger partial charge in [0, 0.05) is 11.4 Å². The molecule has 0 aliphatic heterocycles. The summed E-state index contributed by atoms with van der Waals surface area (Å²) in [6.07, 6.45) is 0.977. The maximum Gasteiger partial charge on any atom is 0.123 e. The third kappa shape index (κ3) is 2.40. The Balaban J connectivity index is 2.23. The van der Waals surface area contributed by atoms with Crippen LogP contribution in [0.3, 0.4) is 0 Å². The monoisotopic (exact) mass is 215 g/mol. The maximum absolute atomic E-state index is 12.7. The Morgan fingerprint density at radius 3 is 2.38 bits per heavy atom. The van der Waals surface area contributed by atoms with Crippen molar-refractivity contribution in [2.24, 2.45) is 0 Å². The van der Waals surface area contributed by atoms with Crippen molar-refractivity contribution in [2.45, 2.75) is 13.3 Å². The second-order valence-corrected chi connectivity index (χ2v) is 3.64. The van der Waals surface area contributed by atoms with Gasteiger partial charge in [-0.25, -0.2) is 4.39 Å². The number of hydrogen-bond donors (Lipinski definition) is 1. The van der Waals surface area contributed by atoms with Gasteiger partial charge in [0.15, 0.2) is 0 Å². The van der Waals surface area contributed by atoms with Crippen LogP contribution in [0.1, 0.15) is 12.5 Å². The predicted octanol–water partition coefficient (Wildman–Crippen LogP) is 4.13. The summed E-state index contributed by atoms with van der Waals surface area (Å²) in [6.45, 7) is 2.12. The van der Waals surface area contributed by atoms with Gasteiger partial charge in [0.1, 0.15) is 5.82 Å². The van der Waals surface area contributed by atoms with Crippen molar-refractivity contribution in [3.8, 4) is 0 Å². The Hall–Kier alpha value is -1.83. The Morgan fingerprint density at radius 2 is 1.69 bits per heavy atom. The van der Waals surface area contributed by atoms with Gasteiger partial charge in [0.25, 0.3) is 0 Å². The summed E-state index contributed by atoms with van der Waals surface area (Å²) in [5.41, 5.74) is 3.24. The van der Waals surface area contributed by atoms with E-state index in [1.807, 2.05) is 18.2 Å². The third-order valence-corrected chi connectivity index (χ3v) is 2.52. The van der Waals surface area contributed by atoms with Crippen molar-refractivity contribution in [3.05, 3.63) is 59.9 Å². The van der Waals surface area contributed by atoms with Gasteiger partial charge in [0.2, 0.25) is 0 Å². The average molecular weight is 215 g/mol. The van der Waals surface area contributed by atoms with Gasteiger partial charge in [-0.1, -0.05) is 25.1 Å². The summed E-state index contributed by atoms with van der Waals surface area (Å²) >= 11 is 0. The summed E-state index contributed by atoms with van der Waals surface area (Å²) in [5.74, 6) is -0.214. The van der Waals surface area contributed by atoms with E-state index in [1.54, 1.807) is 12.1 Å². The van der Waals surface area contributed by atoms with Crippen molar-refractivity contribution in [2.75, 3.05) is 5.32 Å². The van der Waals surface area contributed by atoms with E-state index in [-0.39, 0.29) is 5.82 Å². The second kappa shape index (κ2) is 4.79. The van der Waals surface area contributed by atoms with E-state index in [0.717, 1.165) is 17.8 Å². The van der Waals surface area contributed by atoms with Crippen LogP contribution < -0.4 is 5.32 Å². The zero-order valence-corrected chi connectivity index (χ0v) is 9.20. The van der Waals surface area contributed by atoms with Crippen LogP contribution in [0.5, 0.6) is 0 Å². The lowest BCUT2D eigenvalue weighted by Gasteiger charge is -2.10. The van der Waals surface area contributed by atoms with E-state index in [9.17, 15) is 4.39 Å². The van der Waals surface area contributed by atoms with E-state index < -0.39 is 0 Å². The number of halogens is 1. The van der Waals surface area contributed by atoms with Crippen molar-refractivity contribution < 1.29 is 4.39 Å². The Bertz CT molecular complexity index is 462. The largest absolute Gasteiger partial charge is 0.355 e. The highest BCUT2D eigenvalue weighted by molar-refractivity contribution is 5.62. The number of para-hydroxylation sites is 1. The summed E-state index contributed by atoms with van der Waals surface area (Å²) in [5, 5.41) is 3.28. The first-order chi connectivity index (χ1) is 7.79. The number of anilines is 2. The van der Waals surface area contributed by atoms with E-state index in [1.165, 1.54) is 17.7 Å². The van der Waals surface area contributed by atoms with E-state index in [0.29, 0.717) is 0 Å². The second-order valence-electron chi connectivity index (χ2n) is 3.64. The van der Waals surface area contributed by atoms with Crippen LogP contribution in [0.4, 0.5) is 15.8 Å². The number of benzene rings is 2. The van der Waals surface area contributed by atoms with Crippen LogP contribution in [-0.2, 0) is 6.42 Å². The Morgan fingerprint density at radius 1 is 1.00 bits per heavy atom. The van der Waals surface area contributed by atoms with Gasteiger partial charge in [0.05, 0.1) is 0 Å². The molecule has 16 heavy (non-hydrogen) atoms. The molecule has 0 saturated heterocycles. The number of rotatable bonds is 3. The molecule has 0 unspecified atom stereocenters. The lowest BCUT2D eigenvalue weighted by molar-refractivity contribution is 0.628. The fraction of sp³-hybridized carbons (Fsp3) is 0.143. The molecule has 0 amide bonds.